The first-order chi connectivity index (χ1) is 11.9. The fourth-order valence-corrected chi connectivity index (χ4v) is 4.82. The van der Waals surface area contributed by atoms with Gasteiger partial charge in [0.05, 0.1) is 4.90 Å². The van der Waals surface area contributed by atoms with Gasteiger partial charge in [-0.2, -0.15) is 4.31 Å². The summed E-state index contributed by atoms with van der Waals surface area (Å²) >= 11 is 0. The first-order valence-corrected chi connectivity index (χ1v) is 10.4. The molecule has 0 aromatic heterocycles. The molecule has 1 amide bonds. The molecule has 1 N–H and O–H groups in total. The van der Waals surface area contributed by atoms with E-state index in [0.29, 0.717) is 24.6 Å². The monoisotopic (exact) mass is 403 g/mol. The molecule has 2 rings (SSSR count). The van der Waals surface area contributed by atoms with Crippen LogP contribution in [0.1, 0.15) is 37.0 Å². The van der Waals surface area contributed by atoms with Gasteiger partial charge >= 0.3 is 0 Å². The number of amides is 1. The number of piperidine rings is 1. The highest BCUT2D eigenvalue weighted by Gasteiger charge is 2.26. The van der Waals surface area contributed by atoms with E-state index in [2.05, 4.69) is 5.32 Å². The van der Waals surface area contributed by atoms with Crippen molar-refractivity contribution in [3.63, 3.8) is 0 Å². The molecule has 0 bridgehead atoms. The molecule has 8 heteroatoms. The molecule has 0 saturated carbocycles. The van der Waals surface area contributed by atoms with E-state index in [1.54, 1.807) is 18.2 Å². The molecular formula is C18H30ClN3O3S. The van der Waals surface area contributed by atoms with Crippen molar-refractivity contribution in [3.05, 3.63) is 29.8 Å². The summed E-state index contributed by atoms with van der Waals surface area (Å²) in [5.41, 5.74) is 0.445. The van der Waals surface area contributed by atoms with Crippen LogP contribution in [0, 0.1) is 5.92 Å². The number of hydrogen-bond acceptors (Lipinski definition) is 4. The normalized spacial score (nSPS) is 15.8. The lowest BCUT2D eigenvalue weighted by atomic mass is 9.96. The number of halogens is 1. The van der Waals surface area contributed by atoms with Crippen molar-refractivity contribution < 1.29 is 13.2 Å². The molecule has 0 radical (unpaired) electrons. The minimum absolute atomic E-state index is 0. The van der Waals surface area contributed by atoms with Crippen LogP contribution in [0.3, 0.4) is 0 Å². The number of carbonyl (C=O) groups is 1. The third-order valence-electron chi connectivity index (χ3n) is 4.82. The van der Waals surface area contributed by atoms with Crippen molar-refractivity contribution in [2.75, 3.05) is 39.8 Å². The van der Waals surface area contributed by atoms with Crippen molar-refractivity contribution in [1.82, 2.24) is 14.5 Å². The zero-order chi connectivity index (χ0) is 18.4. The van der Waals surface area contributed by atoms with E-state index in [1.807, 2.05) is 25.8 Å². The Labute approximate surface area is 163 Å². The van der Waals surface area contributed by atoms with Crippen LogP contribution in [0.5, 0.6) is 0 Å². The van der Waals surface area contributed by atoms with Gasteiger partial charge in [-0.05, 0) is 50.6 Å². The first-order valence-electron chi connectivity index (χ1n) is 8.98. The van der Waals surface area contributed by atoms with Crippen molar-refractivity contribution in [1.29, 1.82) is 0 Å². The number of likely N-dealkylation sites (tertiary alicyclic amines) is 1. The van der Waals surface area contributed by atoms with Crippen LogP contribution in [0.15, 0.2) is 29.2 Å². The van der Waals surface area contributed by atoms with Gasteiger partial charge in [0.15, 0.2) is 0 Å². The lowest BCUT2D eigenvalue weighted by Crippen LogP contribution is -2.40. The molecule has 1 fully saturated rings. The Bertz CT molecular complexity index is 685. The summed E-state index contributed by atoms with van der Waals surface area (Å²) in [5.74, 6) is 0.517. The predicted molar refractivity (Wildman–Crippen MR) is 106 cm³/mol. The Hall–Kier alpha value is -1.15. The Morgan fingerprint density at radius 2 is 1.85 bits per heavy atom. The SMILES string of the molecule is CCN(CC)S(=O)(=O)c1cccc(C(=O)N2CCC(CNC)CC2)c1.Cl. The van der Waals surface area contributed by atoms with E-state index < -0.39 is 10.0 Å². The van der Waals surface area contributed by atoms with Gasteiger partial charge in [0.25, 0.3) is 5.91 Å². The molecule has 1 heterocycles. The Balaban J connectivity index is 0.00000338. The largest absolute Gasteiger partial charge is 0.339 e. The van der Waals surface area contributed by atoms with Gasteiger partial charge in [-0.1, -0.05) is 19.9 Å². The fraction of sp³-hybridized carbons (Fsp3) is 0.611. The maximum absolute atomic E-state index is 12.8. The van der Waals surface area contributed by atoms with Crippen LogP contribution in [-0.4, -0.2) is 63.3 Å². The number of nitrogens with zero attached hydrogens (tertiary/aromatic N) is 2. The molecule has 1 saturated heterocycles. The summed E-state index contributed by atoms with van der Waals surface area (Å²) in [6, 6.07) is 6.42. The molecule has 1 aliphatic rings. The molecular weight excluding hydrogens is 374 g/mol. The standard InChI is InChI=1S/C18H29N3O3S.ClH/c1-4-21(5-2)25(23,24)17-8-6-7-16(13-17)18(22)20-11-9-15(10-12-20)14-19-3;/h6-8,13,15,19H,4-5,9-12,14H2,1-3H3;1H. The minimum atomic E-state index is -3.55. The van der Waals surface area contributed by atoms with Gasteiger partial charge < -0.3 is 10.2 Å². The zero-order valence-electron chi connectivity index (χ0n) is 15.8. The number of nitrogens with one attached hydrogen (secondary N) is 1. The zero-order valence-corrected chi connectivity index (χ0v) is 17.4. The highest BCUT2D eigenvalue weighted by atomic mass is 35.5. The van der Waals surface area contributed by atoms with Gasteiger partial charge in [0, 0.05) is 31.7 Å². The summed E-state index contributed by atoms with van der Waals surface area (Å²) in [5, 5.41) is 3.18. The Kier molecular flexibility index (Phi) is 9.03. The fourth-order valence-electron chi connectivity index (χ4n) is 3.31. The molecule has 0 spiro atoms. The molecule has 6 nitrogen and oxygen atoms in total. The highest BCUT2D eigenvalue weighted by Crippen LogP contribution is 2.21. The highest BCUT2D eigenvalue weighted by molar-refractivity contribution is 7.89. The molecule has 26 heavy (non-hydrogen) atoms. The minimum Gasteiger partial charge on any atom is -0.339 e. The van der Waals surface area contributed by atoms with E-state index in [4.69, 9.17) is 0 Å². The van der Waals surface area contributed by atoms with E-state index >= 15 is 0 Å². The number of hydrogen-bond donors (Lipinski definition) is 1. The predicted octanol–water partition coefficient (Wildman–Crippen LogP) is 2.21. The lowest BCUT2D eigenvalue weighted by Gasteiger charge is -2.32. The van der Waals surface area contributed by atoms with Crippen LogP contribution in [0.2, 0.25) is 0 Å². The summed E-state index contributed by atoms with van der Waals surface area (Å²) < 4.78 is 26.7. The van der Waals surface area contributed by atoms with Crippen LogP contribution in [0.4, 0.5) is 0 Å². The van der Waals surface area contributed by atoms with Crippen molar-refractivity contribution in [3.8, 4) is 0 Å². The van der Waals surface area contributed by atoms with Crippen LogP contribution in [0.25, 0.3) is 0 Å². The van der Waals surface area contributed by atoms with Gasteiger partial charge in [0.2, 0.25) is 10.0 Å². The quantitative estimate of drug-likeness (QED) is 0.757. The second kappa shape index (κ2) is 10.3. The average Bonchev–Trinajstić information content (AvgIpc) is 2.63. The number of rotatable bonds is 7. The summed E-state index contributed by atoms with van der Waals surface area (Å²) in [4.78, 5) is 14.8. The molecule has 148 valence electrons. The van der Waals surface area contributed by atoms with E-state index in [-0.39, 0.29) is 23.2 Å². The topological polar surface area (TPSA) is 69.7 Å². The molecule has 1 aromatic carbocycles. The summed E-state index contributed by atoms with van der Waals surface area (Å²) in [6.07, 6.45) is 1.95. The van der Waals surface area contributed by atoms with Crippen molar-refractivity contribution >= 4 is 28.3 Å². The van der Waals surface area contributed by atoms with Crippen LogP contribution < -0.4 is 5.32 Å². The maximum atomic E-state index is 12.8. The van der Waals surface area contributed by atoms with Crippen LogP contribution >= 0.6 is 12.4 Å². The average molecular weight is 404 g/mol. The summed E-state index contributed by atoms with van der Waals surface area (Å²) in [7, 11) is -1.61. The van der Waals surface area contributed by atoms with E-state index in [9.17, 15) is 13.2 Å². The molecule has 1 aliphatic heterocycles. The number of benzene rings is 1. The van der Waals surface area contributed by atoms with E-state index in [1.165, 1.54) is 10.4 Å². The number of carbonyl (C=O) groups excluding carboxylic acids is 1. The smallest absolute Gasteiger partial charge is 0.253 e. The van der Waals surface area contributed by atoms with Gasteiger partial charge in [0.1, 0.15) is 0 Å². The van der Waals surface area contributed by atoms with Gasteiger partial charge in [-0.3, -0.25) is 4.79 Å². The van der Waals surface area contributed by atoms with Crippen LogP contribution in [-0.2, 0) is 10.0 Å². The third-order valence-corrected chi connectivity index (χ3v) is 6.86. The first kappa shape index (κ1) is 22.9. The Morgan fingerprint density at radius 1 is 1.23 bits per heavy atom. The molecule has 0 unspecified atom stereocenters. The third kappa shape index (κ3) is 5.19. The van der Waals surface area contributed by atoms with Gasteiger partial charge in [-0.25, -0.2) is 8.42 Å². The number of sulfonamides is 1. The molecule has 1 aromatic rings. The molecule has 0 aliphatic carbocycles. The second-order valence-corrected chi connectivity index (χ2v) is 8.35. The maximum Gasteiger partial charge on any atom is 0.253 e. The molecule has 0 atom stereocenters. The Morgan fingerprint density at radius 3 is 2.38 bits per heavy atom. The van der Waals surface area contributed by atoms with E-state index in [0.717, 1.165) is 32.5 Å². The van der Waals surface area contributed by atoms with Crippen molar-refractivity contribution in [2.24, 2.45) is 5.92 Å². The van der Waals surface area contributed by atoms with Gasteiger partial charge in [-0.15, -0.1) is 12.4 Å². The van der Waals surface area contributed by atoms with Crippen molar-refractivity contribution in [2.45, 2.75) is 31.6 Å². The second-order valence-electron chi connectivity index (χ2n) is 6.41. The lowest BCUT2D eigenvalue weighted by molar-refractivity contribution is 0.0690. The summed E-state index contributed by atoms with van der Waals surface area (Å²) in [6.45, 7) is 6.86.